The molecule has 130 valence electrons. The summed E-state index contributed by atoms with van der Waals surface area (Å²) in [6.45, 7) is 5.28. The molecule has 0 saturated carbocycles. The van der Waals surface area contributed by atoms with Crippen LogP contribution in [0.3, 0.4) is 0 Å². The number of aryl methyl sites for hydroxylation is 1. The molecule has 2 amide bonds. The minimum absolute atomic E-state index is 0.0289. The first kappa shape index (κ1) is 18.4. The number of carbonyl (C=O) groups is 3. The van der Waals surface area contributed by atoms with Crippen molar-refractivity contribution in [2.45, 2.75) is 27.3 Å². The van der Waals surface area contributed by atoms with Crippen LogP contribution in [0.15, 0.2) is 48.5 Å². The van der Waals surface area contributed by atoms with E-state index in [1.54, 1.807) is 24.3 Å². The molecule has 0 fully saturated rings. The number of anilines is 1. The Kier molecular flexibility index (Phi) is 6.06. The Balaban J connectivity index is 2.00. The Morgan fingerprint density at radius 1 is 1.00 bits per heavy atom. The van der Waals surface area contributed by atoms with Crippen molar-refractivity contribution in [2.24, 2.45) is 0 Å². The molecule has 5 nitrogen and oxygen atoms in total. The Hall–Kier alpha value is -2.95. The molecular weight excluding hydrogens is 316 g/mol. The van der Waals surface area contributed by atoms with Gasteiger partial charge < -0.3 is 10.2 Å². The molecule has 0 atom stereocenters. The molecule has 0 aromatic heterocycles. The summed E-state index contributed by atoms with van der Waals surface area (Å²) in [5, 5.41) is 2.75. The van der Waals surface area contributed by atoms with Gasteiger partial charge in [-0.1, -0.05) is 29.8 Å². The number of Topliss-reactive ketones (excluding diaryl/α,β-unsaturated/α-hetero) is 1. The molecule has 0 aliphatic carbocycles. The molecule has 1 N–H and O–H groups in total. The lowest BCUT2D eigenvalue weighted by Gasteiger charge is -2.21. The number of ketones is 1. The highest BCUT2D eigenvalue weighted by atomic mass is 16.2. The van der Waals surface area contributed by atoms with Gasteiger partial charge in [0.25, 0.3) is 0 Å². The van der Waals surface area contributed by atoms with Crippen LogP contribution in [0.1, 0.15) is 35.3 Å². The van der Waals surface area contributed by atoms with E-state index in [-0.39, 0.29) is 24.1 Å². The fourth-order valence-corrected chi connectivity index (χ4v) is 2.47. The average Bonchev–Trinajstić information content (AvgIpc) is 2.54. The Bertz CT molecular complexity index is 782. The maximum Gasteiger partial charge on any atom is 0.244 e. The van der Waals surface area contributed by atoms with Gasteiger partial charge in [-0.2, -0.15) is 0 Å². The minimum atomic E-state index is -0.279. The number of hydrogen-bond acceptors (Lipinski definition) is 3. The number of nitrogens with zero attached hydrogens (tertiary/aromatic N) is 1. The van der Waals surface area contributed by atoms with Crippen LogP contribution in [0.4, 0.5) is 5.69 Å². The highest BCUT2D eigenvalue weighted by Gasteiger charge is 2.14. The van der Waals surface area contributed by atoms with Crippen LogP contribution >= 0.6 is 0 Å². The second-order valence-electron chi connectivity index (χ2n) is 6.05. The lowest BCUT2D eigenvalue weighted by atomic mass is 10.1. The van der Waals surface area contributed by atoms with Crippen molar-refractivity contribution in [3.63, 3.8) is 0 Å². The Morgan fingerprint density at radius 2 is 1.68 bits per heavy atom. The van der Waals surface area contributed by atoms with Crippen molar-refractivity contribution < 1.29 is 14.4 Å². The van der Waals surface area contributed by atoms with Crippen LogP contribution in [0.25, 0.3) is 0 Å². The summed E-state index contributed by atoms with van der Waals surface area (Å²) in [7, 11) is 0. The van der Waals surface area contributed by atoms with Gasteiger partial charge in [0, 0.05) is 24.7 Å². The molecular formula is C20H22N2O3. The zero-order chi connectivity index (χ0) is 18.4. The summed E-state index contributed by atoms with van der Waals surface area (Å²) in [5.41, 5.74) is 3.27. The first-order valence-electron chi connectivity index (χ1n) is 8.07. The van der Waals surface area contributed by atoms with E-state index in [1.807, 2.05) is 31.2 Å². The van der Waals surface area contributed by atoms with Gasteiger partial charge in [0.05, 0.1) is 0 Å². The van der Waals surface area contributed by atoms with Crippen molar-refractivity contribution in [1.82, 2.24) is 4.90 Å². The van der Waals surface area contributed by atoms with Gasteiger partial charge >= 0.3 is 0 Å². The first-order chi connectivity index (χ1) is 11.8. The van der Waals surface area contributed by atoms with Crippen LogP contribution in [0.2, 0.25) is 0 Å². The van der Waals surface area contributed by atoms with E-state index < -0.39 is 0 Å². The van der Waals surface area contributed by atoms with Crippen molar-refractivity contribution in [2.75, 3.05) is 11.9 Å². The smallest absolute Gasteiger partial charge is 0.244 e. The van der Waals surface area contributed by atoms with Crippen molar-refractivity contribution in [3.8, 4) is 0 Å². The molecule has 0 unspecified atom stereocenters. The monoisotopic (exact) mass is 338 g/mol. The number of rotatable bonds is 6. The molecule has 0 bridgehead atoms. The quantitative estimate of drug-likeness (QED) is 0.823. The molecule has 0 spiro atoms. The molecule has 25 heavy (non-hydrogen) atoms. The third-order valence-electron chi connectivity index (χ3n) is 3.81. The second kappa shape index (κ2) is 8.24. The van der Waals surface area contributed by atoms with Gasteiger partial charge in [-0.15, -0.1) is 0 Å². The van der Waals surface area contributed by atoms with E-state index >= 15 is 0 Å². The lowest BCUT2D eigenvalue weighted by molar-refractivity contribution is -0.133. The summed E-state index contributed by atoms with van der Waals surface area (Å²) < 4.78 is 0. The fourth-order valence-electron chi connectivity index (χ4n) is 2.47. The number of benzene rings is 2. The van der Waals surface area contributed by atoms with Crippen molar-refractivity contribution >= 4 is 23.3 Å². The molecule has 0 aliphatic heterocycles. The van der Waals surface area contributed by atoms with Gasteiger partial charge in [-0.25, -0.2) is 0 Å². The number of hydrogen-bond donors (Lipinski definition) is 1. The van der Waals surface area contributed by atoms with Crippen LogP contribution in [0, 0.1) is 6.92 Å². The van der Waals surface area contributed by atoms with Crippen LogP contribution in [-0.4, -0.2) is 29.0 Å². The largest absolute Gasteiger partial charge is 0.329 e. The highest BCUT2D eigenvalue weighted by molar-refractivity contribution is 5.96. The summed E-state index contributed by atoms with van der Waals surface area (Å²) in [6.07, 6.45) is 0. The number of amides is 2. The van der Waals surface area contributed by atoms with Crippen LogP contribution in [0.5, 0.6) is 0 Å². The number of nitrogens with one attached hydrogen (secondary N) is 1. The molecule has 5 heteroatoms. The zero-order valence-electron chi connectivity index (χ0n) is 14.7. The molecule has 0 aliphatic rings. The van der Waals surface area contributed by atoms with E-state index in [9.17, 15) is 14.4 Å². The Labute approximate surface area is 147 Å². The van der Waals surface area contributed by atoms with E-state index in [1.165, 1.54) is 18.7 Å². The van der Waals surface area contributed by atoms with Crippen molar-refractivity contribution in [1.29, 1.82) is 0 Å². The lowest BCUT2D eigenvalue weighted by Crippen LogP contribution is -2.36. The SMILES string of the molecule is CC(=O)c1ccc(NC(=O)CN(Cc2cccc(C)c2)C(C)=O)cc1. The molecule has 0 heterocycles. The maximum atomic E-state index is 12.2. The van der Waals surface area contributed by atoms with E-state index in [0.29, 0.717) is 17.8 Å². The van der Waals surface area contributed by atoms with Gasteiger partial charge in [0.1, 0.15) is 6.54 Å². The highest BCUT2D eigenvalue weighted by Crippen LogP contribution is 2.11. The number of carbonyl (C=O) groups excluding carboxylic acids is 3. The molecule has 0 radical (unpaired) electrons. The van der Waals surface area contributed by atoms with Gasteiger partial charge in [-0.05, 0) is 43.7 Å². The summed E-state index contributed by atoms with van der Waals surface area (Å²) in [5.74, 6) is -0.471. The van der Waals surface area contributed by atoms with E-state index in [0.717, 1.165) is 11.1 Å². The van der Waals surface area contributed by atoms with E-state index in [4.69, 9.17) is 0 Å². The summed E-state index contributed by atoms with van der Waals surface area (Å²) in [4.78, 5) is 36.8. The molecule has 2 aromatic rings. The third kappa shape index (κ3) is 5.57. The van der Waals surface area contributed by atoms with Crippen LogP contribution < -0.4 is 5.32 Å². The molecule has 2 aromatic carbocycles. The average molecular weight is 338 g/mol. The van der Waals surface area contributed by atoms with Gasteiger partial charge in [0.2, 0.25) is 11.8 Å². The van der Waals surface area contributed by atoms with Crippen LogP contribution in [-0.2, 0) is 16.1 Å². The normalized spacial score (nSPS) is 10.2. The summed E-state index contributed by atoms with van der Waals surface area (Å²) in [6, 6.07) is 14.5. The zero-order valence-corrected chi connectivity index (χ0v) is 14.7. The predicted molar refractivity (Wildman–Crippen MR) is 97.3 cm³/mol. The topological polar surface area (TPSA) is 66.5 Å². The third-order valence-corrected chi connectivity index (χ3v) is 3.81. The van der Waals surface area contributed by atoms with Crippen molar-refractivity contribution in [3.05, 3.63) is 65.2 Å². The minimum Gasteiger partial charge on any atom is -0.329 e. The maximum absolute atomic E-state index is 12.2. The fraction of sp³-hybridized carbons (Fsp3) is 0.250. The van der Waals surface area contributed by atoms with Gasteiger partial charge in [0.15, 0.2) is 5.78 Å². The second-order valence-corrected chi connectivity index (χ2v) is 6.05. The van der Waals surface area contributed by atoms with E-state index in [2.05, 4.69) is 5.32 Å². The molecule has 0 saturated heterocycles. The molecule has 2 rings (SSSR count). The predicted octanol–water partition coefficient (Wildman–Crippen LogP) is 3.18. The first-order valence-corrected chi connectivity index (χ1v) is 8.07. The van der Waals surface area contributed by atoms with Gasteiger partial charge in [-0.3, -0.25) is 14.4 Å². The Morgan fingerprint density at radius 3 is 2.24 bits per heavy atom. The summed E-state index contributed by atoms with van der Waals surface area (Å²) >= 11 is 0. The standard InChI is InChI=1S/C20H22N2O3/c1-14-5-4-6-17(11-14)12-22(16(3)24)13-20(25)21-19-9-7-18(8-10-19)15(2)23/h4-11H,12-13H2,1-3H3,(H,21,25).